The molecule has 0 aliphatic carbocycles. The summed E-state index contributed by atoms with van der Waals surface area (Å²) in [7, 11) is 0. The van der Waals surface area contributed by atoms with Gasteiger partial charge in [-0.2, -0.15) is 0 Å². The molecule has 0 aliphatic heterocycles. The molecule has 0 aromatic carbocycles. The summed E-state index contributed by atoms with van der Waals surface area (Å²) in [4.78, 5) is 19.9. The highest BCUT2D eigenvalue weighted by molar-refractivity contribution is 7.77. The molecule has 0 heterocycles. The maximum atomic E-state index is 10.1. The van der Waals surface area contributed by atoms with Gasteiger partial charge in [0.15, 0.2) is 6.61 Å². The van der Waals surface area contributed by atoms with Crippen LogP contribution in [0.3, 0.4) is 0 Å². The molecule has 48 valence electrons. The molecule has 3 N–H and O–H groups in total. The summed E-state index contributed by atoms with van der Waals surface area (Å²) in [6.07, 6.45) is 0. The van der Waals surface area contributed by atoms with E-state index >= 15 is 0 Å². The van der Waals surface area contributed by atoms with Crippen LogP contribution < -0.4 is 10.8 Å². The van der Waals surface area contributed by atoms with E-state index in [1.807, 2.05) is 4.89 Å². The Hall–Kier alpha value is -0.300. The predicted molar refractivity (Wildman–Crippen MR) is 28.4 cm³/mol. The second-order valence-electron chi connectivity index (χ2n) is 0.876. The summed E-state index contributed by atoms with van der Waals surface area (Å²) in [6.45, 7) is -0.284. The van der Waals surface area contributed by atoms with Crippen LogP contribution in [0.5, 0.6) is 0 Å². The fourth-order valence-corrected chi connectivity index (χ4v) is 0.250. The molecule has 0 aliphatic rings. The van der Waals surface area contributed by atoms with Crippen LogP contribution in [-0.2, 0) is 14.5 Å². The minimum atomic E-state index is -0.623. The summed E-state index contributed by atoms with van der Waals surface area (Å²) < 4.78 is 0. The fraction of sp³-hybridized carbons (Fsp3) is 0.500. The Balaban J connectivity index is 3.06. The van der Waals surface area contributed by atoms with Crippen molar-refractivity contribution in [1.82, 2.24) is 4.89 Å². The predicted octanol–water partition coefficient (Wildman–Crippen LogP) is -1.23. The Morgan fingerprint density at radius 1 is 1.88 bits per heavy atom. The summed E-state index contributed by atoms with van der Waals surface area (Å²) >= 11 is 3.36. The molecule has 6 heteroatoms. The molecule has 0 aromatic rings. The lowest BCUT2D eigenvalue weighted by atomic mass is 10.8. The minimum absolute atomic E-state index is 0.284. The molecule has 5 nitrogen and oxygen atoms in total. The lowest BCUT2D eigenvalue weighted by molar-refractivity contribution is -0.152. The molecule has 0 atom stereocenters. The van der Waals surface area contributed by atoms with Crippen LogP contribution in [0.2, 0.25) is 0 Å². The van der Waals surface area contributed by atoms with Crippen molar-refractivity contribution in [1.29, 1.82) is 0 Å². The molecule has 0 amide bonds. The van der Waals surface area contributed by atoms with Crippen molar-refractivity contribution in [3.63, 3.8) is 0 Å². The van der Waals surface area contributed by atoms with Crippen LogP contribution in [0.4, 0.5) is 0 Å². The van der Waals surface area contributed by atoms with Gasteiger partial charge in [0.2, 0.25) is 0 Å². The lowest BCUT2D eigenvalue weighted by Crippen LogP contribution is -2.18. The van der Waals surface area contributed by atoms with E-state index in [4.69, 9.17) is 0 Å². The highest BCUT2D eigenvalue weighted by Crippen LogP contribution is 1.72. The van der Waals surface area contributed by atoms with Gasteiger partial charge in [0.05, 0.1) is 0 Å². The first-order valence-corrected chi connectivity index (χ1v) is 2.16. The number of hydrogen-bond donors (Lipinski definition) is 3. The molecule has 0 saturated carbocycles. The monoisotopic (exact) mass is 138 g/mol. The summed E-state index contributed by atoms with van der Waals surface area (Å²) in [5.41, 5.74) is 0. The van der Waals surface area contributed by atoms with Crippen LogP contribution in [0.1, 0.15) is 0 Å². The van der Waals surface area contributed by atoms with Crippen LogP contribution >= 0.6 is 12.8 Å². The molecular formula is C2H6N2O3S. The molecule has 0 radical (unpaired) electrons. The van der Waals surface area contributed by atoms with Gasteiger partial charge in [0.25, 0.3) is 0 Å². The standard InChI is InChI=1S/C2H6N2O3S/c3-6-1-2(5)7-4-8/h4,8H,1,3H2. The van der Waals surface area contributed by atoms with E-state index in [-0.39, 0.29) is 6.61 Å². The summed E-state index contributed by atoms with van der Waals surface area (Å²) in [5, 5.41) is 0. The normalized spacial score (nSPS) is 8.75. The van der Waals surface area contributed by atoms with Crippen molar-refractivity contribution in [2.45, 2.75) is 0 Å². The quantitative estimate of drug-likeness (QED) is 0.336. The largest absolute Gasteiger partial charge is 0.358 e. The first-order chi connectivity index (χ1) is 3.81. The van der Waals surface area contributed by atoms with Crippen LogP contribution in [0, 0.1) is 0 Å². The number of nitrogens with one attached hydrogen (secondary N) is 1. The molecule has 0 unspecified atom stereocenters. The Kier molecular flexibility index (Phi) is 4.67. The van der Waals surface area contributed by atoms with Gasteiger partial charge in [-0.1, -0.05) is 17.7 Å². The Labute approximate surface area is 51.6 Å². The Morgan fingerprint density at radius 2 is 2.50 bits per heavy atom. The number of carbonyl (C=O) groups is 1. The molecule has 8 heavy (non-hydrogen) atoms. The van der Waals surface area contributed by atoms with Gasteiger partial charge in [0, 0.05) is 0 Å². The van der Waals surface area contributed by atoms with Gasteiger partial charge < -0.3 is 4.84 Å². The van der Waals surface area contributed by atoms with E-state index in [9.17, 15) is 4.79 Å². The third-order valence-electron chi connectivity index (χ3n) is 0.361. The molecule has 0 saturated heterocycles. The summed E-state index contributed by atoms with van der Waals surface area (Å²) in [6, 6.07) is 0. The second-order valence-corrected chi connectivity index (χ2v) is 1.06. The molecule has 0 rings (SSSR count). The highest BCUT2D eigenvalue weighted by Gasteiger charge is 1.97. The highest BCUT2D eigenvalue weighted by atomic mass is 32.1. The number of nitrogens with two attached hydrogens (primary N) is 1. The third-order valence-corrected chi connectivity index (χ3v) is 0.452. The van der Waals surface area contributed by atoms with Crippen molar-refractivity contribution < 1.29 is 14.5 Å². The van der Waals surface area contributed by atoms with Crippen molar-refractivity contribution in [2.75, 3.05) is 6.61 Å². The van der Waals surface area contributed by atoms with E-state index in [1.54, 1.807) is 0 Å². The Bertz CT molecular complexity index is 69.7. The Morgan fingerprint density at radius 3 is 2.88 bits per heavy atom. The van der Waals surface area contributed by atoms with Gasteiger partial charge in [0.1, 0.15) is 0 Å². The van der Waals surface area contributed by atoms with Crippen molar-refractivity contribution in [3.8, 4) is 0 Å². The van der Waals surface area contributed by atoms with Gasteiger partial charge in [-0.05, 0) is 0 Å². The van der Waals surface area contributed by atoms with E-state index in [0.29, 0.717) is 0 Å². The van der Waals surface area contributed by atoms with Gasteiger partial charge in [-0.25, -0.2) is 10.7 Å². The zero-order valence-corrected chi connectivity index (χ0v) is 4.85. The molecule has 0 fully saturated rings. The second kappa shape index (κ2) is 4.85. The van der Waals surface area contributed by atoms with Crippen LogP contribution in [0.15, 0.2) is 0 Å². The maximum absolute atomic E-state index is 10.1. The summed E-state index contributed by atoms with van der Waals surface area (Å²) in [5.74, 6) is 3.88. The number of carbonyl (C=O) groups excluding carboxylic acids is 1. The zero-order valence-electron chi connectivity index (χ0n) is 3.96. The topological polar surface area (TPSA) is 73.6 Å². The van der Waals surface area contributed by atoms with Crippen molar-refractivity contribution >= 4 is 18.8 Å². The maximum Gasteiger partial charge on any atom is 0.353 e. The van der Waals surface area contributed by atoms with E-state index in [0.717, 1.165) is 0 Å². The fourth-order valence-electron chi connectivity index (χ4n) is 0.148. The lowest BCUT2D eigenvalue weighted by Gasteiger charge is -1.95. The smallest absolute Gasteiger partial charge is 0.353 e. The van der Waals surface area contributed by atoms with Gasteiger partial charge in [-0.15, -0.1) is 0 Å². The minimum Gasteiger partial charge on any atom is -0.358 e. The third kappa shape index (κ3) is 3.88. The van der Waals surface area contributed by atoms with Crippen molar-refractivity contribution in [2.24, 2.45) is 5.90 Å². The van der Waals surface area contributed by atoms with E-state index in [1.165, 1.54) is 0 Å². The van der Waals surface area contributed by atoms with Gasteiger partial charge in [-0.3, -0.25) is 4.84 Å². The van der Waals surface area contributed by atoms with Crippen LogP contribution in [0.25, 0.3) is 0 Å². The van der Waals surface area contributed by atoms with Gasteiger partial charge >= 0.3 is 5.97 Å². The number of rotatable bonds is 3. The molecular weight excluding hydrogens is 132 g/mol. The van der Waals surface area contributed by atoms with Crippen LogP contribution in [-0.4, -0.2) is 12.6 Å². The SMILES string of the molecule is NOCC(=O)ONS. The number of hydrogen-bond acceptors (Lipinski definition) is 6. The number of thiol groups is 1. The van der Waals surface area contributed by atoms with Crippen molar-refractivity contribution in [3.05, 3.63) is 0 Å². The van der Waals surface area contributed by atoms with E-state index in [2.05, 4.69) is 28.4 Å². The average Bonchev–Trinajstić information content (AvgIpc) is 1.68. The molecule has 0 spiro atoms. The first-order valence-electron chi connectivity index (χ1n) is 1.71. The zero-order chi connectivity index (χ0) is 6.41. The molecule has 0 aromatic heterocycles. The first kappa shape index (κ1) is 7.70. The average molecular weight is 138 g/mol. The molecule has 0 bridgehead atoms. The van der Waals surface area contributed by atoms with E-state index < -0.39 is 5.97 Å².